The van der Waals surface area contributed by atoms with Gasteiger partial charge in [-0.2, -0.15) is 0 Å². The van der Waals surface area contributed by atoms with Crippen LogP contribution in [0, 0.1) is 0 Å². The minimum atomic E-state index is 0.306. The number of hydrogen-bond acceptors (Lipinski definition) is 4. The van der Waals surface area contributed by atoms with Crippen molar-refractivity contribution < 1.29 is 4.79 Å². The molecule has 0 saturated heterocycles. The number of aldehydes is 1. The van der Waals surface area contributed by atoms with Gasteiger partial charge in [-0.25, -0.2) is 4.98 Å². The van der Waals surface area contributed by atoms with Crippen LogP contribution in [0.3, 0.4) is 0 Å². The number of hydrogen-bond donors (Lipinski definition) is 1. The average Bonchev–Trinajstić information content (AvgIpc) is 2.42. The van der Waals surface area contributed by atoms with Crippen molar-refractivity contribution in [2.75, 3.05) is 5.73 Å². The van der Waals surface area contributed by atoms with E-state index in [-0.39, 0.29) is 0 Å². The average molecular weight is 339 g/mol. The molecule has 96 valence electrons. The summed E-state index contributed by atoms with van der Waals surface area (Å²) in [6.45, 7) is 0. The lowest BCUT2D eigenvalue weighted by atomic mass is 10.2. The first-order valence-corrected chi connectivity index (χ1v) is 6.47. The number of aromatic nitrogens is 1. The zero-order valence-electron chi connectivity index (χ0n) is 9.68. The number of benzene rings is 1. The van der Waals surface area contributed by atoms with Gasteiger partial charge in [0.2, 0.25) is 0 Å². The number of nitrogens with zero attached hydrogens (tertiary/aromatic N) is 2. The van der Waals surface area contributed by atoms with E-state index in [2.05, 4.69) is 25.9 Å². The summed E-state index contributed by atoms with van der Waals surface area (Å²) in [6.07, 6.45) is 3.64. The number of rotatable bonds is 3. The Hall–Kier alpha value is -1.72. The second-order valence-corrected chi connectivity index (χ2v) is 4.92. The van der Waals surface area contributed by atoms with Crippen molar-refractivity contribution >= 4 is 51.5 Å². The highest BCUT2D eigenvalue weighted by Gasteiger charge is 2.03. The van der Waals surface area contributed by atoms with E-state index in [0.29, 0.717) is 33.9 Å². The van der Waals surface area contributed by atoms with E-state index >= 15 is 0 Å². The summed E-state index contributed by atoms with van der Waals surface area (Å²) in [6, 6.07) is 7.04. The molecule has 2 N–H and O–H groups in total. The molecule has 2 aromatic rings. The molecule has 0 spiro atoms. The Labute approximate surface area is 123 Å². The first kappa shape index (κ1) is 13.7. The molecule has 19 heavy (non-hydrogen) atoms. The van der Waals surface area contributed by atoms with E-state index in [4.69, 9.17) is 17.3 Å². The topological polar surface area (TPSA) is 68.3 Å². The summed E-state index contributed by atoms with van der Waals surface area (Å²) in [5, 5.41) is 0.511. The highest BCUT2D eigenvalue weighted by atomic mass is 79.9. The van der Waals surface area contributed by atoms with Crippen LogP contribution in [0.5, 0.6) is 0 Å². The van der Waals surface area contributed by atoms with Crippen molar-refractivity contribution in [3.63, 3.8) is 0 Å². The Morgan fingerprint density at radius 3 is 2.95 bits per heavy atom. The van der Waals surface area contributed by atoms with Gasteiger partial charge in [-0.1, -0.05) is 17.7 Å². The Balaban J connectivity index is 2.37. The summed E-state index contributed by atoms with van der Waals surface area (Å²) < 4.78 is 0.761. The summed E-state index contributed by atoms with van der Waals surface area (Å²) in [4.78, 5) is 18.9. The normalized spacial score (nSPS) is 10.8. The van der Waals surface area contributed by atoms with Crippen LogP contribution in [0.1, 0.15) is 15.9 Å². The van der Waals surface area contributed by atoms with Crippen molar-refractivity contribution in [2.45, 2.75) is 0 Å². The molecular formula is C13H9BrClN3O. The van der Waals surface area contributed by atoms with E-state index in [0.717, 1.165) is 4.47 Å². The van der Waals surface area contributed by atoms with E-state index in [9.17, 15) is 4.79 Å². The van der Waals surface area contributed by atoms with Gasteiger partial charge in [-0.3, -0.25) is 9.79 Å². The van der Waals surface area contributed by atoms with Gasteiger partial charge in [-0.15, -0.1) is 0 Å². The summed E-state index contributed by atoms with van der Waals surface area (Å²) in [5.41, 5.74) is 7.33. The quantitative estimate of drug-likeness (QED) is 0.686. The molecule has 0 fully saturated rings. The predicted molar refractivity (Wildman–Crippen MR) is 80.4 cm³/mol. The minimum Gasteiger partial charge on any atom is -0.383 e. The number of carbonyl (C=O) groups is 1. The van der Waals surface area contributed by atoms with Crippen LogP contribution in [-0.4, -0.2) is 17.5 Å². The smallest absolute Gasteiger partial charge is 0.151 e. The van der Waals surface area contributed by atoms with Crippen molar-refractivity contribution in [1.82, 2.24) is 4.98 Å². The highest BCUT2D eigenvalue weighted by molar-refractivity contribution is 9.10. The third kappa shape index (κ3) is 3.19. The SMILES string of the molecule is Nc1ncc(C=O)cc1C=Nc1cccc(Br)c1Cl. The lowest BCUT2D eigenvalue weighted by Gasteiger charge is -2.02. The van der Waals surface area contributed by atoms with Crippen LogP contribution in [0.2, 0.25) is 5.02 Å². The number of aliphatic imine (C=N–C) groups is 1. The highest BCUT2D eigenvalue weighted by Crippen LogP contribution is 2.31. The van der Waals surface area contributed by atoms with Gasteiger partial charge in [0.15, 0.2) is 6.29 Å². The summed E-state index contributed by atoms with van der Waals surface area (Å²) in [5.74, 6) is 0.306. The number of nitrogen functional groups attached to an aromatic ring is 1. The molecule has 0 amide bonds. The molecule has 0 bridgehead atoms. The zero-order chi connectivity index (χ0) is 13.8. The van der Waals surface area contributed by atoms with E-state index < -0.39 is 0 Å². The number of nitrogens with two attached hydrogens (primary N) is 1. The molecule has 0 saturated carbocycles. The number of pyridine rings is 1. The van der Waals surface area contributed by atoms with Gasteiger partial charge in [0, 0.05) is 28.0 Å². The first-order valence-electron chi connectivity index (χ1n) is 5.30. The van der Waals surface area contributed by atoms with Gasteiger partial charge >= 0.3 is 0 Å². The lowest BCUT2D eigenvalue weighted by molar-refractivity contribution is 0.112. The number of anilines is 1. The van der Waals surface area contributed by atoms with Crippen LogP contribution < -0.4 is 5.73 Å². The predicted octanol–water partition coefficient (Wildman–Crippen LogP) is 3.64. The van der Waals surface area contributed by atoms with E-state index in [1.165, 1.54) is 12.4 Å². The minimum absolute atomic E-state index is 0.306. The van der Waals surface area contributed by atoms with Crippen molar-refractivity contribution in [3.05, 3.63) is 51.1 Å². The second-order valence-electron chi connectivity index (χ2n) is 3.69. The molecule has 0 atom stereocenters. The van der Waals surface area contributed by atoms with Gasteiger partial charge in [0.05, 0.1) is 10.7 Å². The van der Waals surface area contributed by atoms with Crippen molar-refractivity contribution in [3.8, 4) is 0 Å². The molecule has 6 heteroatoms. The molecule has 0 aliphatic carbocycles. The molecule has 2 rings (SSSR count). The molecule has 0 radical (unpaired) electrons. The molecule has 1 heterocycles. The largest absolute Gasteiger partial charge is 0.383 e. The number of halogens is 2. The third-order valence-electron chi connectivity index (χ3n) is 2.38. The fourth-order valence-corrected chi connectivity index (χ4v) is 1.94. The fraction of sp³-hybridized carbons (Fsp3) is 0. The van der Waals surface area contributed by atoms with Gasteiger partial charge in [0.25, 0.3) is 0 Å². The lowest BCUT2D eigenvalue weighted by Crippen LogP contribution is -1.98. The molecule has 0 aliphatic heterocycles. The maximum atomic E-state index is 10.7. The van der Waals surface area contributed by atoms with Crippen LogP contribution in [0.15, 0.2) is 39.9 Å². The van der Waals surface area contributed by atoms with Crippen LogP contribution in [-0.2, 0) is 0 Å². The molecule has 1 aromatic carbocycles. The van der Waals surface area contributed by atoms with E-state index in [1.807, 2.05) is 12.1 Å². The number of carbonyl (C=O) groups excluding carboxylic acids is 1. The van der Waals surface area contributed by atoms with Crippen molar-refractivity contribution in [2.24, 2.45) is 4.99 Å². The third-order valence-corrected chi connectivity index (χ3v) is 3.67. The Morgan fingerprint density at radius 2 is 2.21 bits per heavy atom. The summed E-state index contributed by atoms with van der Waals surface area (Å²) in [7, 11) is 0. The summed E-state index contributed by atoms with van der Waals surface area (Å²) >= 11 is 9.41. The van der Waals surface area contributed by atoms with Gasteiger partial charge < -0.3 is 5.73 Å². The first-order chi connectivity index (χ1) is 9.11. The molecule has 0 aliphatic rings. The zero-order valence-corrected chi connectivity index (χ0v) is 12.0. The van der Waals surface area contributed by atoms with E-state index in [1.54, 1.807) is 12.1 Å². The Kier molecular flexibility index (Phi) is 4.29. The molecule has 0 unspecified atom stereocenters. The molecule has 4 nitrogen and oxygen atoms in total. The monoisotopic (exact) mass is 337 g/mol. The van der Waals surface area contributed by atoms with Crippen LogP contribution in [0.25, 0.3) is 0 Å². The maximum absolute atomic E-state index is 10.7. The van der Waals surface area contributed by atoms with Crippen molar-refractivity contribution in [1.29, 1.82) is 0 Å². The fourth-order valence-electron chi connectivity index (χ4n) is 1.41. The molecular weight excluding hydrogens is 330 g/mol. The van der Waals surface area contributed by atoms with Crippen LogP contribution in [0.4, 0.5) is 11.5 Å². The maximum Gasteiger partial charge on any atom is 0.151 e. The second kappa shape index (κ2) is 5.95. The molecule has 1 aromatic heterocycles. The Bertz CT molecular complexity index is 658. The Morgan fingerprint density at radius 1 is 1.42 bits per heavy atom. The van der Waals surface area contributed by atoms with Crippen LogP contribution >= 0.6 is 27.5 Å². The van der Waals surface area contributed by atoms with Gasteiger partial charge in [-0.05, 0) is 34.1 Å². The van der Waals surface area contributed by atoms with Gasteiger partial charge in [0.1, 0.15) is 5.82 Å². The standard InChI is InChI=1S/C13H9BrClN3O/c14-10-2-1-3-11(12(10)15)17-6-9-4-8(7-19)5-18-13(9)16/h1-7H,(H2,16,18).